The Bertz CT molecular complexity index is 2610. The van der Waals surface area contributed by atoms with Crippen molar-refractivity contribution >= 4 is 66.9 Å². The third-order valence-corrected chi connectivity index (χ3v) is 11.2. The maximum absolute atomic E-state index is 9.81. The van der Waals surface area contributed by atoms with Gasteiger partial charge in [0, 0.05) is 47.7 Å². The molecule has 6 heteroatoms. The van der Waals surface area contributed by atoms with Gasteiger partial charge in [-0.15, -0.1) is 22.7 Å². The van der Waals surface area contributed by atoms with Crippen molar-refractivity contribution in [1.82, 2.24) is 0 Å². The molecule has 2 aromatic heterocycles. The number of benzene rings is 6. The van der Waals surface area contributed by atoms with Crippen LogP contribution in [0.4, 0.5) is 17.1 Å². The molecule has 0 N–H and O–H groups in total. The van der Waals surface area contributed by atoms with Gasteiger partial charge >= 0.3 is 0 Å². The second kappa shape index (κ2) is 13.6. The second-order valence-corrected chi connectivity index (χ2v) is 14.0. The molecule has 6 aromatic carbocycles. The number of nitrogens with zero attached hydrogens (tertiary/aromatic N) is 4. The Morgan fingerprint density at radius 1 is 0.412 bits per heavy atom. The van der Waals surface area contributed by atoms with Gasteiger partial charge in [0.05, 0.1) is 5.57 Å². The molecule has 0 radical (unpaired) electrons. The lowest BCUT2D eigenvalue weighted by Crippen LogP contribution is -2.09. The summed E-state index contributed by atoms with van der Waals surface area (Å²) >= 11 is 3.21. The smallest absolute Gasteiger partial charge is 0.148 e. The van der Waals surface area contributed by atoms with E-state index in [1.807, 2.05) is 36.4 Å². The highest BCUT2D eigenvalue weighted by Crippen LogP contribution is 2.48. The molecule has 0 spiro atoms. The number of thiophene rings is 2. The summed E-state index contributed by atoms with van der Waals surface area (Å²) in [7, 11) is 0. The molecular formula is C45H26N4S2. The van der Waals surface area contributed by atoms with Gasteiger partial charge in [-0.25, -0.2) is 0 Å². The summed E-state index contributed by atoms with van der Waals surface area (Å²) in [6.07, 6.45) is 0. The first kappa shape index (κ1) is 31.5. The van der Waals surface area contributed by atoms with Gasteiger partial charge in [-0.05, 0) is 87.8 Å². The number of anilines is 3. The zero-order valence-corrected chi connectivity index (χ0v) is 28.7. The van der Waals surface area contributed by atoms with Crippen LogP contribution in [0, 0.1) is 34.0 Å². The minimum Gasteiger partial charge on any atom is -0.311 e. The molecule has 2 heterocycles. The number of hydrogen-bond donors (Lipinski definition) is 0. The van der Waals surface area contributed by atoms with Gasteiger partial charge in [0.25, 0.3) is 0 Å². The van der Waals surface area contributed by atoms with Gasteiger partial charge in [-0.1, -0.05) is 97.1 Å². The molecule has 0 saturated heterocycles. The van der Waals surface area contributed by atoms with E-state index in [1.165, 1.54) is 26.7 Å². The van der Waals surface area contributed by atoms with Gasteiger partial charge in [-0.2, -0.15) is 15.8 Å². The molecule has 4 nitrogen and oxygen atoms in total. The van der Waals surface area contributed by atoms with E-state index in [0.29, 0.717) is 4.88 Å². The lowest BCUT2D eigenvalue weighted by Gasteiger charge is -2.25. The van der Waals surface area contributed by atoms with Crippen molar-refractivity contribution in [3.8, 4) is 49.5 Å². The van der Waals surface area contributed by atoms with E-state index in [4.69, 9.17) is 0 Å². The minimum atomic E-state index is -0.177. The molecule has 51 heavy (non-hydrogen) atoms. The number of para-hydroxylation sites is 2. The average Bonchev–Trinajstić information content (AvgIpc) is 3.88. The van der Waals surface area contributed by atoms with Crippen LogP contribution < -0.4 is 4.90 Å². The van der Waals surface area contributed by atoms with Crippen molar-refractivity contribution in [2.75, 3.05) is 4.90 Å². The molecule has 0 bridgehead atoms. The molecule has 8 rings (SSSR count). The van der Waals surface area contributed by atoms with Crippen LogP contribution >= 0.6 is 22.7 Å². The largest absolute Gasteiger partial charge is 0.311 e. The Labute approximate surface area is 303 Å². The molecule has 0 unspecified atom stereocenters. The van der Waals surface area contributed by atoms with Crippen molar-refractivity contribution in [1.29, 1.82) is 15.8 Å². The maximum atomic E-state index is 9.81. The van der Waals surface area contributed by atoms with E-state index in [1.54, 1.807) is 11.3 Å². The predicted octanol–water partition coefficient (Wildman–Crippen LogP) is 12.9. The Hall–Kier alpha value is -6.75. The van der Waals surface area contributed by atoms with Crippen molar-refractivity contribution in [3.63, 3.8) is 0 Å². The van der Waals surface area contributed by atoms with Crippen LogP contribution in [0.1, 0.15) is 4.88 Å². The number of fused-ring (bicyclic) bond motifs is 2. The fourth-order valence-electron chi connectivity index (χ4n) is 6.64. The Morgan fingerprint density at radius 3 is 1.33 bits per heavy atom. The standard InChI is InChI=1S/C45H26N4S2/c46-27-31(28-47)39(29-48)41-24-26-43(51-41)45-37-17-9-7-15-35(37)44(36-16-8-10-18-38(36)45)42-25-23-40(50-42)30-19-21-34(22-20-30)49(32-11-3-1-4-12-32)33-13-5-2-6-14-33/h1-26H. The minimum absolute atomic E-state index is 0.105. The van der Waals surface area contributed by atoms with Crippen LogP contribution in [-0.4, -0.2) is 0 Å². The second-order valence-electron chi connectivity index (χ2n) is 11.8. The summed E-state index contributed by atoms with van der Waals surface area (Å²) in [5.41, 5.74) is 6.63. The van der Waals surface area contributed by atoms with E-state index < -0.39 is 0 Å². The molecule has 0 fully saturated rings. The summed E-state index contributed by atoms with van der Waals surface area (Å²) in [4.78, 5) is 6.21. The Morgan fingerprint density at radius 2 is 0.843 bits per heavy atom. The fraction of sp³-hybridized carbons (Fsp3) is 0. The first-order chi connectivity index (χ1) is 25.2. The Balaban J connectivity index is 1.22. The molecule has 0 aliphatic heterocycles. The van der Waals surface area contributed by atoms with Crippen molar-refractivity contribution < 1.29 is 0 Å². The third kappa shape index (κ3) is 5.74. The van der Waals surface area contributed by atoms with Crippen LogP contribution in [0.5, 0.6) is 0 Å². The highest BCUT2D eigenvalue weighted by atomic mass is 32.1. The molecule has 0 aliphatic rings. The van der Waals surface area contributed by atoms with Gasteiger partial charge in [0.1, 0.15) is 23.8 Å². The van der Waals surface area contributed by atoms with Gasteiger partial charge in [0.15, 0.2) is 0 Å². The van der Waals surface area contributed by atoms with Crippen molar-refractivity contribution in [2.24, 2.45) is 0 Å². The molecule has 0 aliphatic carbocycles. The van der Waals surface area contributed by atoms with E-state index in [-0.39, 0.29) is 11.1 Å². The highest BCUT2D eigenvalue weighted by molar-refractivity contribution is 7.19. The van der Waals surface area contributed by atoms with Gasteiger partial charge in [-0.3, -0.25) is 0 Å². The van der Waals surface area contributed by atoms with Crippen LogP contribution in [0.25, 0.3) is 58.4 Å². The SMILES string of the molecule is N#CC(C#N)=C(C#N)c1ccc(-c2c3ccccc3c(-c3ccc(-c4ccc(N(c5ccccc5)c5ccccc5)cc4)s3)c3ccccc23)s1. The summed E-state index contributed by atoms with van der Waals surface area (Å²) in [5.74, 6) is 0. The summed E-state index contributed by atoms with van der Waals surface area (Å²) in [6, 6.07) is 60.6. The third-order valence-electron chi connectivity index (χ3n) is 8.91. The first-order valence-corrected chi connectivity index (χ1v) is 17.9. The number of nitriles is 3. The van der Waals surface area contributed by atoms with E-state index in [2.05, 4.69) is 144 Å². The van der Waals surface area contributed by atoms with Crippen LogP contribution in [0.3, 0.4) is 0 Å². The molecule has 0 amide bonds. The van der Waals surface area contributed by atoms with Crippen LogP contribution in [0.2, 0.25) is 0 Å². The molecular weight excluding hydrogens is 661 g/mol. The summed E-state index contributed by atoms with van der Waals surface area (Å²) < 4.78 is 0. The molecule has 0 atom stereocenters. The van der Waals surface area contributed by atoms with Crippen LogP contribution in [-0.2, 0) is 0 Å². The van der Waals surface area contributed by atoms with E-state index in [9.17, 15) is 15.8 Å². The highest BCUT2D eigenvalue weighted by Gasteiger charge is 2.20. The lowest BCUT2D eigenvalue weighted by atomic mass is 9.90. The molecule has 0 saturated carbocycles. The van der Waals surface area contributed by atoms with Gasteiger partial charge in [0.2, 0.25) is 0 Å². The van der Waals surface area contributed by atoms with Gasteiger partial charge < -0.3 is 4.90 Å². The van der Waals surface area contributed by atoms with Crippen LogP contribution in [0.15, 0.2) is 163 Å². The number of rotatable bonds is 7. The predicted molar refractivity (Wildman–Crippen MR) is 212 cm³/mol. The topological polar surface area (TPSA) is 74.6 Å². The fourth-order valence-corrected chi connectivity index (χ4v) is 8.81. The lowest BCUT2D eigenvalue weighted by molar-refractivity contribution is 1.28. The first-order valence-electron chi connectivity index (χ1n) is 16.3. The molecule has 8 aromatic rings. The van der Waals surface area contributed by atoms with E-state index in [0.717, 1.165) is 54.6 Å². The normalized spacial score (nSPS) is 10.7. The number of allylic oxidation sites excluding steroid dienone is 2. The zero-order chi connectivity index (χ0) is 34.7. The summed E-state index contributed by atoms with van der Waals surface area (Å²) in [6.45, 7) is 0. The Kier molecular flexibility index (Phi) is 8.42. The van der Waals surface area contributed by atoms with Crippen molar-refractivity contribution in [3.05, 3.63) is 168 Å². The van der Waals surface area contributed by atoms with Crippen molar-refractivity contribution in [2.45, 2.75) is 0 Å². The van der Waals surface area contributed by atoms with E-state index >= 15 is 0 Å². The maximum Gasteiger partial charge on any atom is 0.148 e. The average molecular weight is 687 g/mol. The molecule has 238 valence electrons. The zero-order valence-electron chi connectivity index (χ0n) is 27.1. The monoisotopic (exact) mass is 686 g/mol. The summed E-state index contributed by atoms with van der Waals surface area (Å²) in [5, 5.41) is 33.2. The number of hydrogen-bond acceptors (Lipinski definition) is 6. The quantitative estimate of drug-likeness (QED) is 0.124.